The van der Waals surface area contributed by atoms with Gasteiger partial charge in [0.1, 0.15) is 5.75 Å². The predicted molar refractivity (Wildman–Crippen MR) is 114 cm³/mol. The maximum absolute atomic E-state index is 13.1. The summed E-state index contributed by atoms with van der Waals surface area (Å²) in [6.45, 7) is 3.04. The number of carboxylic acid groups (broad SMARTS) is 1. The van der Waals surface area contributed by atoms with Gasteiger partial charge in [0.05, 0.1) is 39.3 Å². The highest BCUT2D eigenvalue weighted by molar-refractivity contribution is 7.98. The highest BCUT2D eigenvalue weighted by atomic mass is 32.2. The van der Waals surface area contributed by atoms with Gasteiger partial charge in [-0.25, -0.2) is 0 Å². The Kier molecular flexibility index (Phi) is 7.02. The molecule has 0 aliphatic carbocycles. The highest BCUT2D eigenvalue weighted by Gasteiger charge is 2.28. The molecule has 0 aromatic heterocycles. The molecule has 1 aliphatic rings. The smallest absolute Gasteiger partial charge is 0.306 e. The van der Waals surface area contributed by atoms with E-state index in [4.69, 9.17) is 9.84 Å². The van der Waals surface area contributed by atoms with E-state index in [0.29, 0.717) is 17.4 Å². The molecule has 2 atom stereocenters. The number of ether oxygens (including phenoxy) is 1. The van der Waals surface area contributed by atoms with Gasteiger partial charge in [-0.15, -0.1) is 11.8 Å². The van der Waals surface area contributed by atoms with Crippen molar-refractivity contribution in [2.45, 2.75) is 29.6 Å². The molecule has 0 radical (unpaired) electrons. The molecule has 2 aromatic rings. The summed E-state index contributed by atoms with van der Waals surface area (Å²) in [5, 5.41) is 8.87. The number of fused-ring (bicyclic) bond motifs is 1. The molecular formula is C21H25NO4S2. The van der Waals surface area contributed by atoms with Gasteiger partial charge >= 0.3 is 5.97 Å². The minimum absolute atomic E-state index is 0.0674. The number of benzene rings is 2. The van der Waals surface area contributed by atoms with Gasteiger partial charge in [0.15, 0.2) is 0 Å². The van der Waals surface area contributed by atoms with Crippen molar-refractivity contribution < 1.29 is 18.8 Å². The minimum Gasteiger partial charge on any atom is -0.492 e. The van der Waals surface area contributed by atoms with Crippen molar-refractivity contribution >= 4 is 39.9 Å². The van der Waals surface area contributed by atoms with Gasteiger partial charge in [-0.3, -0.25) is 9.00 Å². The Morgan fingerprint density at radius 3 is 2.71 bits per heavy atom. The number of carbonyl (C=O) groups is 1. The van der Waals surface area contributed by atoms with E-state index in [1.54, 1.807) is 11.8 Å². The summed E-state index contributed by atoms with van der Waals surface area (Å²) in [7, 11) is -1.14. The molecule has 1 aliphatic heterocycles. The molecule has 3 rings (SSSR count). The van der Waals surface area contributed by atoms with Crippen LogP contribution in [0.4, 0.5) is 11.4 Å². The number of hydrogen-bond acceptors (Lipinski definition) is 5. The number of para-hydroxylation sites is 1. The van der Waals surface area contributed by atoms with Crippen LogP contribution in [0, 0.1) is 5.92 Å². The molecule has 7 heteroatoms. The molecule has 0 spiro atoms. The van der Waals surface area contributed by atoms with Gasteiger partial charge in [0.2, 0.25) is 0 Å². The first-order valence-corrected chi connectivity index (χ1v) is 11.9. The van der Waals surface area contributed by atoms with Gasteiger partial charge < -0.3 is 14.7 Å². The third kappa shape index (κ3) is 4.70. The second-order valence-electron chi connectivity index (χ2n) is 6.70. The number of aliphatic carboxylic acids is 1. The first-order valence-electron chi connectivity index (χ1n) is 9.31. The van der Waals surface area contributed by atoms with Crippen molar-refractivity contribution in [1.82, 2.24) is 0 Å². The van der Waals surface area contributed by atoms with E-state index in [0.717, 1.165) is 34.1 Å². The van der Waals surface area contributed by atoms with Crippen LogP contribution in [-0.2, 0) is 15.6 Å². The van der Waals surface area contributed by atoms with Gasteiger partial charge in [-0.05, 0) is 36.4 Å². The van der Waals surface area contributed by atoms with Crippen molar-refractivity contribution in [2.24, 2.45) is 5.92 Å². The molecule has 150 valence electrons. The molecule has 0 saturated heterocycles. The molecule has 0 fully saturated rings. The van der Waals surface area contributed by atoms with Crippen LogP contribution in [-0.4, -0.2) is 40.4 Å². The lowest BCUT2D eigenvalue weighted by molar-refractivity contribution is -0.137. The van der Waals surface area contributed by atoms with E-state index >= 15 is 0 Å². The second-order valence-corrected chi connectivity index (χ2v) is 9.01. The van der Waals surface area contributed by atoms with E-state index in [9.17, 15) is 9.00 Å². The predicted octanol–water partition coefficient (Wildman–Crippen LogP) is 4.55. The van der Waals surface area contributed by atoms with Gasteiger partial charge in [-0.1, -0.05) is 31.5 Å². The Hall–Kier alpha value is -1.99. The molecule has 1 heterocycles. The quantitative estimate of drug-likeness (QED) is 0.664. The summed E-state index contributed by atoms with van der Waals surface area (Å²) >= 11 is 1.54. The fourth-order valence-electron chi connectivity index (χ4n) is 3.26. The molecular weight excluding hydrogens is 394 g/mol. The van der Waals surface area contributed by atoms with E-state index in [-0.39, 0.29) is 13.0 Å². The summed E-state index contributed by atoms with van der Waals surface area (Å²) < 4.78 is 18.8. The summed E-state index contributed by atoms with van der Waals surface area (Å²) in [6, 6.07) is 14.0. The van der Waals surface area contributed by atoms with Crippen molar-refractivity contribution in [3.63, 3.8) is 0 Å². The number of rotatable bonds is 7. The number of thioether (sulfide) groups is 1. The molecule has 0 amide bonds. The first kappa shape index (κ1) is 20.7. The zero-order valence-corrected chi connectivity index (χ0v) is 17.7. The van der Waals surface area contributed by atoms with Crippen LogP contribution in [0.25, 0.3) is 0 Å². The summed E-state index contributed by atoms with van der Waals surface area (Å²) in [5.41, 5.74) is 2.02. The Labute approximate surface area is 172 Å². The van der Waals surface area contributed by atoms with Crippen LogP contribution in [0.1, 0.15) is 19.8 Å². The van der Waals surface area contributed by atoms with Crippen molar-refractivity contribution in [3.05, 3.63) is 42.5 Å². The third-order valence-electron chi connectivity index (χ3n) is 4.83. The van der Waals surface area contributed by atoms with Crippen LogP contribution in [0.5, 0.6) is 5.75 Å². The van der Waals surface area contributed by atoms with E-state index in [2.05, 4.69) is 24.0 Å². The lowest BCUT2D eigenvalue weighted by Crippen LogP contribution is -2.25. The lowest BCUT2D eigenvalue weighted by Gasteiger charge is -2.28. The second kappa shape index (κ2) is 9.47. The molecule has 2 unspecified atom stereocenters. The van der Waals surface area contributed by atoms with E-state index < -0.39 is 16.8 Å². The number of nitrogens with zero attached hydrogens (tertiary/aromatic N) is 1. The lowest BCUT2D eigenvalue weighted by atomic mass is 10.1. The van der Waals surface area contributed by atoms with Crippen LogP contribution in [0.2, 0.25) is 0 Å². The largest absolute Gasteiger partial charge is 0.492 e. The number of anilines is 2. The Balaban J connectivity index is 2.05. The Bertz CT molecular complexity index is 857. The zero-order chi connectivity index (χ0) is 20.1. The Morgan fingerprint density at radius 2 is 2.07 bits per heavy atom. The molecule has 5 nitrogen and oxygen atoms in total. The number of carboxylic acids is 1. The van der Waals surface area contributed by atoms with Crippen molar-refractivity contribution in [2.75, 3.05) is 30.1 Å². The zero-order valence-electron chi connectivity index (χ0n) is 16.1. The maximum Gasteiger partial charge on any atom is 0.306 e. The SMILES string of the molecule is CCC1CN(c2ccccc2)c2cc(SC)c(OCCC(=O)O)cc2S(=O)C1. The van der Waals surface area contributed by atoms with Gasteiger partial charge in [0, 0.05) is 18.0 Å². The van der Waals surface area contributed by atoms with Crippen LogP contribution < -0.4 is 9.64 Å². The van der Waals surface area contributed by atoms with E-state index in [1.165, 1.54) is 0 Å². The van der Waals surface area contributed by atoms with Gasteiger partial charge in [0.25, 0.3) is 0 Å². The first-order chi connectivity index (χ1) is 13.5. The molecule has 2 aromatic carbocycles. The van der Waals surface area contributed by atoms with Crippen LogP contribution in [0.15, 0.2) is 52.3 Å². The Morgan fingerprint density at radius 1 is 1.32 bits per heavy atom. The fourth-order valence-corrected chi connectivity index (χ4v) is 5.40. The van der Waals surface area contributed by atoms with Crippen molar-refractivity contribution in [1.29, 1.82) is 0 Å². The summed E-state index contributed by atoms with van der Waals surface area (Å²) in [6.07, 6.45) is 2.85. The standard InChI is InChI=1S/C21H25NO4S2/c1-3-15-13-22(16-7-5-4-6-8-16)17-11-19(27-2)18(26-10-9-21(23)24)12-20(17)28(25)14-15/h4-8,11-12,15H,3,9-10,13-14H2,1-2H3,(H,23,24). The van der Waals surface area contributed by atoms with Crippen LogP contribution >= 0.6 is 11.8 Å². The third-order valence-corrected chi connectivity index (χ3v) is 7.18. The monoisotopic (exact) mass is 419 g/mol. The molecule has 1 N–H and O–H groups in total. The normalized spacial score (nSPS) is 19.0. The average Bonchev–Trinajstić information content (AvgIpc) is 2.84. The summed E-state index contributed by atoms with van der Waals surface area (Å²) in [4.78, 5) is 14.7. The minimum atomic E-state index is -1.14. The molecule has 0 bridgehead atoms. The average molecular weight is 420 g/mol. The summed E-state index contributed by atoms with van der Waals surface area (Å²) in [5.74, 6) is 0.636. The topological polar surface area (TPSA) is 66.8 Å². The van der Waals surface area contributed by atoms with Crippen LogP contribution in [0.3, 0.4) is 0 Å². The van der Waals surface area contributed by atoms with Crippen molar-refractivity contribution in [3.8, 4) is 5.75 Å². The number of hydrogen-bond donors (Lipinski definition) is 1. The highest BCUT2D eigenvalue weighted by Crippen LogP contribution is 2.42. The maximum atomic E-state index is 13.1. The van der Waals surface area contributed by atoms with Gasteiger partial charge in [-0.2, -0.15) is 0 Å². The van der Waals surface area contributed by atoms with E-state index in [1.807, 2.05) is 36.6 Å². The molecule has 28 heavy (non-hydrogen) atoms. The fraction of sp³-hybridized carbons (Fsp3) is 0.381. The molecule has 0 saturated carbocycles.